The summed E-state index contributed by atoms with van der Waals surface area (Å²) in [5, 5.41) is 3.15. The number of hydrogen-bond donors (Lipinski definition) is 1. The normalized spacial score (nSPS) is 18.1. The Bertz CT molecular complexity index is 502. The van der Waals surface area contributed by atoms with Gasteiger partial charge in [0.15, 0.2) is 0 Å². The molecule has 1 aliphatic rings. The molecule has 0 unspecified atom stereocenters. The minimum absolute atomic E-state index is 0.301. The van der Waals surface area contributed by atoms with Crippen molar-refractivity contribution >= 4 is 22.0 Å². The van der Waals surface area contributed by atoms with Crippen molar-refractivity contribution in [2.24, 2.45) is 0 Å². The Labute approximate surface area is 135 Å². The average molecular weight is 354 g/mol. The number of nitrogens with one attached hydrogen (secondary N) is 1. The molecule has 0 aromatic heterocycles. The van der Waals surface area contributed by atoms with Crippen LogP contribution in [0.5, 0.6) is 0 Å². The molecular weight excluding hydrogens is 330 g/mol. The van der Waals surface area contributed by atoms with Gasteiger partial charge in [-0.2, -0.15) is 0 Å². The Kier molecular flexibility index (Phi) is 4.97. The van der Waals surface area contributed by atoms with Crippen LogP contribution in [0.3, 0.4) is 0 Å². The van der Waals surface area contributed by atoms with Gasteiger partial charge in [-0.1, -0.05) is 47.3 Å². The molecule has 1 N–H and O–H groups in total. The van der Waals surface area contributed by atoms with Crippen LogP contribution in [-0.4, -0.2) is 11.7 Å². The van der Waals surface area contributed by atoms with E-state index in [9.17, 15) is 4.79 Å². The van der Waals surface area contributed by atoms with Crippen LogP contribution >= 0.6 is 15.9 Å². The van der Waals surface area contributed by atoms with Crippen LogP contribution < -0.4 is 5.32 Å². The molecular formula is C17H24BrNO2. The number of hydrogen-bond acceptors (Lipinski definition) is 2. The number of rotatable bonds is 2. The fourth-order valence-electron chi connectivity index (χ4n) is 2.93. The second-order valence-electron chi connectivity index (χ2n) is 6.78. The van der Waals surface area contributed by atoms with Crippen LogP contribution in [0.2, 0.25) is 0 Å². The minimum atomic E-state index is -0.475. The first-order chi connectivity index (χ1) is 9.81. The van der Waals surface area contributed by atoms with Gasteiger partial charge >= 0.3 is 6.09 Å². The van der Waals surface area contributed by atoms with Gasteiger partial charge in [0.2, 0.25) is 0 Å². The Morgan fingerprint density at radius 2 is 1.90 bits per heavy atom. The lowest BCUT2D eigenvalue weighted by atomic mass is 9.76. The van der Waals surface area contributed by atoms with Gasteiger partial charge < -0.3 is 10.1 Å². The van der Waals surface area contributed by atoms with Crippen LogP contribution in [-0.2, 0) is 10.3 Å². The molecule has 1 amide bonds. The lowest BCUT2D eigenvalue weighted by molar-refractivity contribution is 0.0420. The number of ether oxygens (including phenoxy) is 1. The molecule has 4 heteroatoms. The summed E-state index contributed by atoms with van der Waals surface area (Å²) in [4.78, 5) is 12.2. The van der Waals surface area contributed by atoms with Crippen molar-refractivity contribution in [2.45, 2.75) is 64.0 Å². The Morgan fingerprint density at radius 1 is 1.24 bits per heavy atom. The molecule has 0 heterocycles. The van der Waals surface area contributed by atoms with E-state index in [1.165, 1.54) is 6.42 Å². The van der Waals surface area contributed by atoms with Gasteiger partial charge in [-0.25, -0.2) is 4.79 Å². The Hall–Kier alpha value is -1.03. The van der Waals surface area contributed by atoms with E-state index < -0.39 is 5.60 Å². The minimum Gasteiger partial charge on any atom is -0.444 e. The third-order valence-corrected chi connectivity index (χ3v) is 4.32. The molecule has 0 spiro atoms. The highest BCUT2D eigenvalue weighted by molar-refractivity contribution is 9.10. The molecule has 0 aliphatic heterocycles. The molecule has 116 valence electrons. The molecule has 1 aromatic carbocycles. The number of carbonyl (C=O) groups is 1. The lowest BCUT2D eigenvalue weighted by Gasteiger charge is -2.39. The third-order valence-electron chi connectivity index (χ3n) is 3.82. The smallest absolute Gasteiger partial charge is 0.408 e. The van der Waals surface area contributed by atoms with Gasteiger partial charge in [0, 0.05) is 4.47 Å². The predicted molar refractivity (Wildman–Crippen MR) is 88.3 cm³/mol. The van der Waals surface area contributed by atoms with E-state index in [2.05, 4.69) is 33.4 Å². The zero-order valence-corrected chi connectivity index (χ0v) is 14.6. The molecule has 1 aromatic rings. The Balaban J connectivity index is 2.23. The summed E-state index contributed by atoms with van der Waals surface area (Å²) in [5.74, 6) is 0. The SMILES string of the molecule is CC(C)(C)OC(=O)NC1(c2cccc(Br)c2)CCCCC1. The second-order valence-corrected chi connectivity index (χ2v) is 7.70. The van der Waals surface area contributed by atoms with Crippen molar-refractivity contribution in [3.8, 4) is 0 Å². The first-order valence-electron chi connectivity index (χ1n) is 7.58. The highest BCUT2D eigenvalue weighted by atomic mass is 79.9. The lowest BCUT2D eigenvalue weighted by Crippen LogP contribution is -2.48. The van der Waals surface area contributed by atoms with E-state index in [0.717, 1.165) is 35.7 Å². The predicted octanol–water partition coefficient (Wildman–Crippen LogP) is 5.13. The summed E-state index contributed by atoms with van der Waals surface area (Å²) in [6.45, 7) is 5.66. The fraction of sp³-hybridized carbons (Fsp3) is 0.588. The molecule has 2 rings (SSSR count). The highest BCUT2D eigenvalue weighted by Crippen LogP contribution is 2.38. The maximum absolute atomic E-state index is 12.2. The van der Waals surface area contributed by atoms with E-state index in [4.69, 9.17) is 4.74 Å². The standard InChI is InChI=1S/C17H24BrNO2/c1-16(2,3)21-15(20)19-17(10-5-4-6-11-17)13-8-7-9-14(18)12-13/h7-9,12H,4-6,10-11H2,1-3H3,(H,19,20). The number of amides is 1. The second kappa shape index (κ2) is 6.39. The summed E-state index contributed by atoms with van der Waals surface area (Å²) in [6.07, 6.45) is 5.08. The largest absolute Gasteiger partial charge is 0.444 e. The maximum Gasteiger partial charge on any atom is 0.408 e. The molecule has 1 aliphatic carbocycles. The maximum atomic E-state index is 12.2. The van der Waals surface area contributed by atoms with Crippen molar-refractivity contribution < 1.29 is 9.53 Å². The Morgan fingerprint density at radius 3 is 2.48 bits per heavy atom. The molecule has 0 atom stereocenters. The molecule has 0 radical (unpaired) electrons. The zero-order chi connectivity index (χ0) is 15.5. The molecule has 21 heavy (non-hydrogen) atoms. The van der Waals surface area contributed by atoms with Gasteiger partial charge in [0.1, 0.15) is 5.60 Å². The highest BCUT2D eigenvalue weighted by Gasteiger charge is 2.36. The third kappa shape index (κ3) is 4.47. The van der Waals surface area contributed by atoms with Gasteiger partial charge in [-0.3, -0.25) is 0 Å². The summed E-state index contributed by atoms with van der Waals surface area (Å²) < 4.78 is 6.49. The average Bonchev–Trinajstić information content (AvgIpc) is 2.37. The van der Waals surface area contributed by atoms with Crippen molar-refractivity contribution in [2.75, 3.05) is 0 Å². The van der Waals surface area contributed by atoms with Crippen LogP contribution in [0.25, 0.3) is 0 Å². The van der Waals surface area contributed by atoms with Crippen LogP contribution in [0.1, 0.15) is 58.4 Å². The van der Waals surface area contributed by atoms with E-state index in [0.29, 0.717) is 0 Å². The van der Waals surface area contributed by atoms with E-state index in [1.807, 2.05) is 32.9 Å². The molecule has 0 bridgehead atoms. The van der Waals surface area contributed by atoms with Gasteiger partial charge in [0.05, 0.1) is 5.54 Å². The molecule has 1 fully saturated rings. The van der Waals surface area contributed by atoms with Crippen LogP contribution in [0.4, 0.5) is 4.79 Å². The zero-order valence-electron chi connectivity index (χ0n) is 13.0. The molecule has 0 saturated heterocycles. The van der Waals surface area contributed by atoms with Crippen LogP contribution in [0.15, 0.2) is 28.7 Å². The number of alkyl carbamates (subject to hydrolysis) is 1. The van der Waals surface area contributed by atoms with Gasteiger partial charge in [-0.15, -0.1) is 0 Å². The topological polar surface area (TPSA) is 38.3 Å². The number of benzene rings is 1. The summed E-state index contributed by atoms with van der Waals surface area (Å²) in [6, 6.07) is 8.22. The first-order valence-corrected chi connectivity index (χ1v) is 8.37. The molecule has 3 nitrogen and oxygen atoms in total. The number of carbonyl (C=O) groups excluding carboxylic acids is 1. The van der Waals surface area contributed by atoms with Gasteiger partial charge in [-0.05, 0) is 51.3 Å². The van der Waals surface area contributed by atoms with E-state index >= 15 is 0 Å². The van der Waals surface area contributed by atoms with Crippen molar-refractivity contribution in [3.63, 3.8) is 0 Å². The van der Waals surface area contributed by atoms with E-state index in [1.54, 1.807) is 0 Å². The fourth-order valence-corrected chi connectivity index (χ4v) is 3.33. The first kappa shape index (κ1) is 16.3. The van der Waals surface area contributed by atoms with Crippen molar-refractivity contribution in [1.29, 1.82) is 0 Å². The van der Waals surface area contributed by atoms with Crippen molar-refractivity contribution in [3.05, 3.63) is 34.3 Å². The summed E-state index contributed by atoms with van der Waals surface area (Å²) >= 11 is 3.52. The summed E-state index contributed by atoms with van der Waals surface area (Å²) in [5.41, 5.74) is 0.379. The quantitative estimate of drug-likeness (QED) is 0.799. The molecule has 1 saturated carbocycles. The summed E-state index contributed by atoms with van der Waals surface area (Å²) in [7, 11) is 0. The van der Waals surface area contributed by atoms with E-state index in [-0.39, 0.29) is 11.6 Å². The number of halogens is 1. The van der Waals surface area contributed by atoms with Gasteiger partial charge in [0.25, 0.3) is 0 Å². The van der Waals surface area contributed by atoms with Crippen LogP contribution in [0, 0.1) is 0 Å². The monoisotopic (exact) mass is 353 g/mol. The van der Waals surface area contributed by atoms with Crippen molar-refractivity contribution in [1.82, 2.24) is 5.32 Å².